The van der Waals surface area contributed by atoms with Gasteiger partial charge in [0.25, 0.3) is 0 Å². The second-order valence-corrected chi connectivity index (χ2v) is 9.69. The Labute approximate surface area is 201 Å². The lowest BCUT2D eigenvalue weighted by Gasteiger charge is -2.31. The second-order valence-electron chi connectivity index (χ2n) is 7.78. The molecule has 0 saturated carbocycles. The van der Waals surface area contributed by atoms with E-state index in [0.29, 0.717) is 18.0 Å². The number of hydrogen-bond acceptors (Lipinski definition) is 6. The summed E-state index contributed by atoms with van der Waals surface area (Å²) < 4.78 is 36.9. The maximum Gasteiger partial charge on any atom is 0.244 e. The number of amides is 2. The first-order chi connectivity index (χ1) is 16.1. The molecule has 0 heterocycles. The van der Waals surface area contributed by atoms with Crippen LogP contribution in [0.15, 0.2) is 48.5 Å². The molecule has 0 bridgehead atoms. The molecule has 0 aliphatic carbocycles. The Balaban J connectivity index is 2.42. The monoisotopic (exact) mass is 491 g/mol. The predicted molar refractivity (Wildman–Crippen MR) is 131 cm³/mol. The molecular formula is C24H33N3O6S. The van der Waals surface area contributed by atoms with Gasteiger partial charge in [-0.3, -0.25) is 13.9 Å². The second kappa shape index (κ2) is 12.3. The van der Waals surface area contributed by atoms with Gasteiger partial charge in [0.2, 0.25) is 21.8 Å². The average molecular weight is 492 g/mol. The predicted octanol–water partition coefficient (Wildman–Crippen LogP) is 2.41. The van der Waals surface area contributed by atoms with Crippen LogP contribution in [0.1, 0.15) is 25.8 Å². The fourth-order valence-corrected chi connectivity index (χ4v) is 4.23. The van der Waals surface area contributed by atoms with E-state index in [2.05, 4.69) is 5.32 Å². The molecule has 0 spiro atoms. The van der Waals surface area contributed by atoms with Gasteiger partial charge in [0.05, 0.1) is 26.2 Å². The van der Waals surface area contributed by atoms with Gasteiger partial charge >= 0.3 is 0 Å². The fraction of sp³-hybridized carbons (Fsp3) is 0.417. The number of rotatable bonds is 12. The molecule has 0 unspecified atom stereocenters. The number of benzene rings is 2. The van der Waals surface area contributed by atoms with Crippen molar-refractivity contribution in [1.82, 2.24) is 10.2 Å². The highest BCUT2D eigenvalue weighted by Gasteiger charge is 2.31. The number of hydrogen-bond donors (Lipinski definition) is 1. The normalized spacial score (nSPS) is 11.9. The van der Waals surface area contributed by atoms with Crippen LogP contribution in [0.3, 0.4) is 0 Å². The number of sulfonamides is 1. The third-order valence-electron chi connectivity index (χ3n) is 5.24. The van der Waals surface area contributed by atoms with Crippen LogP contribution in [0, 0.1) is 0 Å². The molecule has 0 aliphatic rings. The number of ether oxygens (including phenoxy) is 2. The zero-order chi connectivity index (χ0) is 25.3. The molecular weight excluding hydrogens is 458 g/mol. The molecule has 34 heavy (non-hydrogen) atoms. The minimum absolute atomic E-state index is 0.0975. The van der Waals surface area contributed by atoms with E-state index in [1.54, 1.807) is 56.5 Å². The smallest absolute Gasteiger partial charge is 0.244 e. The molecule has 2 aromatic carbocycles. The first-order valence-corrected chi connectivity index (χ1v) is 12.8. The van der Waals surface area contributed by atoms with Crippen LogP contribution in [0.25, 0.3) is 0 Å². The van der Waals surface area contributed by atoms with Gasteiger partial charge in [-0.25, -0.2) is 8.42 Å². The van der Waals surface area contributed by atoms with E-state index in [9.17, 15) is 18.0 Å². The fourth-order valence-electron chi connectivity index (χ4n) is 3.38. The Morgan fingerprint density at radius 1 is 1.06 bits per heavy atom. The molecule has 2 amide bonds. The van der Waals surface area contributed by atoms with Crippen molar-refractivity contribution in [2.24, 2.45) is 0 Å². The number of carbonyl (C=O) groups is 2. The van der Waals surface area contributed by atoms with E-state index in [0.717, 1.165) is 22.5 Å². The van der Waals surface area contributed by atoms with Crippen LogP contribution in [0.2, 0.25) is 0 Å². The summed E-state index contributed by atoms with van der Waals surface area (Å²) >= 11 is 0. The van der Waals surface area contributed by atoms with Gasteiger partial charge < -0.3 is 19.7 Å². The number of methoxy groups -OCH3 is 2. The number of carbonyl (C=O) groups excluding carboxylic acids is 2. The Hall–Kier alpha value is -3.27. The summed E-state index contributed by atoms with van der Waals surface area (Å²) in [7, 11) is -0.869. The lowest BCUT2D eigenvalue weighted by molar-refractivity contribution is -0.139. The maximum atomic E-state index is 13.5. The van der Waals surface area contributed by atoms with Gasteiger partial charge in [0.1, 0.15) is 24.1 Å². The summed E-state index contributed by atoms with van der Waals surface area (Å²) in [6, 6.07) is 12.9. The Morgan fingerprint density at radius 3 is 2.38 bits per heavy atom. The number of nitrogens with one attached hydrogen (secondary N) is 1. The average Bonchev–Trinajstić information content (AvgIpc) is 2.83. The highest BCUT2D eigenvalue weighted by molar-refractivity contribution is 7.92. The standard InChI is InChI=1S/C24H33N3O6S/c1-6-14-25-24(29)18(2)26(16-19-10-9-11-20(15-19)32-3)23(28)17-27(34(5,30)31)21-12-7-8-13-22(21)33-4/h7-13,15,18H,6,14,16-17H2,1-5H3,(H,25,29)/t18-/m0/s1. The van der Waals surface area contributed by atoms with Crippen molar-refractivity contribution in [2.45, 2.75) is 32.9 Å². The van der Waals surface area contributed by atoms with Gasteiger partial charge in [0.15, 0.2) is 0 Å². The van der Waals surface area contributed by atoms with Crippen LogP contribution in [0.5, 0.6) is 11.5 Å². The maximum absolute atomic E-state index is 13.5. The molecule has 0 saturated heterocycles. The van der Waals surface area contributed by atoms with Crippen molar-refractivity contribution in [3.8, 4) is 11.5 Å². The van der Waals surface area contributed by atoms with Crippen molar-refractivity contribution >= 4 is 27.5 Å². The molecule has 10 heteroatoms. The first-order valence-electron chi connectivity index (χ1n) is 10.9. The van der Waals surface area contributed by atoms with Gasteiger partial charge in [-0.05, 0) is 43.2 Å². The van der Waals surface area contributed by atoms with Gasteiger partial charge in [0, 0.05) is 13.1 Å². The summed E-state index contributed by atoms with van der Waals surface area (Å²) in [5.74, 6) is 0.0770. The topological polar surface area (TPSA) is 105 Å². The van der Waals surface area contributed by atoms with E-state index in [1.165, 1.54) is 12.0 Å². The zero-order valence-electron chi connectivity index (χ0n) is 20.3. The quantitative estimate of drug-likeness (QED) is 0.489. The third-order valence-corrected chi connectivity index (χ3v) is 6.36. The molecule has 186 valence electrons. The summed E-state index contributed by atoms with van der Waals surface area (Å²) in [6.45, 7) is 3.63. The van der Waals surface area contributed by atoms with Crippen LogP contribution in [-0.2, 0) is 26.2 Å². The van der Waals surface area contributed by atoms with E-state index >= 15 is 0 Å². The van der Waals surface area contributed by atoms with Gasteiger partial charge in [-0.15, -0.1) is 0 Å². The van der Waals surface area contributed by atoms with E-state index < -0.39 is 28.5 Å². The molecule has 0 fully saturated rings. The number of anilines is 1. The van der Waals surface area contributed by atoms with Gasteiger partial charge in [-0.2, -0.15) is 0 Å². The highest BCUT2D eigenvalue weighted by atomic mass is 32.2. The molecule has 2 rings (SSSR count). The van der Waals surface area contributed by atoms with Crippen molar-refractivity contribution in [3.63, 3.8) is 0 Å². The largest absolute Gasteiger partial charge is 0.497 e. The lowest BCUT2D eigenvalue weighted by Crippen LogP contribution is -2.51. The third kappa shape index (κ3) is 7.11. The first kappa shape index (κ1) is 27.0. The summed E-state index contributed by atoms with van der Waals surface area (Å²) in [5, 5.41) is 2.80. The minimum atomic E-state index is -3.84. The summed E-state index contributed by atoms with van der Waals surface area (Å²) in [5.41, 5.74) is 0.983. The molecule has 0 radical (unpaired) electrons. The Bertz CT molecular complexity index is 1090. The summed E-state index contributed by atoms with van der Waals surface area (Å²) in [4.78, 5) is 27.6. The molecule has 0 aromatic heterocycles. The highest BCUT2D eigenvalue weighted by Crippen LogP contribution is 2.29. The number of para-hydroxylation sites is 2. The molecule has 2 aromatic rings. The Morgan fingerprint density at radius 2 is 1.76 bits per heavy atom. The Kier molecular flexibility index (Phi) is 9.73. The van der Waals surface area contributed by atoms with Gasteiger partial charge in [-0.1, -0.05) is 31.2 Å². The SMILES string of the molecule is CCCNC(=O)[C@H](C)N(Cc1cccc(OC)c1)C(=O)CN(c1ccccc1OC)S(C)(=O)=O. The van der Waals surface area contributed by atoms with E-state index in [4.69, 9.17) is 9.47 Å². The van der Waals surface area contributed by atoms with Crippen LogP contribution < -0.4 is 19.1 Å². The zero-order valence-corrected chi connectivity index (χ0v) is 21.1. The van der Waals surface area contributed by atoms with E-state index in [1.807, 2.05) is 13.0 Å². The minimum Gasteiger partial charge on any atom is -0.497 e. The van der Waals surface area contributed by atoms with Crippen LogP contribution in [0.4, 0.5) is 5.69 Å². The van der Waals surface area contributed by atoms with Crippen molar-refractivity contribution in [2.75, 3.05) is 37.9 Å². The van der Waals surface area contributed by atoms with Crippen molar-refractivity contribution in [3.05, 3.63) is 54.1 Å². The van der Waals surface area contributed by atoms with Crippen molar-refractivity contribution in [1.29, 1.82) is 0 Å². The van der Waals surface area contributed by atoms with Crippen molar-refractivity contribution < 1.29 is 27.5 Å². The molecule has 9 nitrogen and oxygen atoms in total. The molecule has 1 N–H and O–H groups in total. The van der Waals surface area contributed by atoms with E-state index in [-0.39, 0.29) is 18.1 Å². The molecule has 0 aliphatic heterocycles. The molecule has 1 atom stereocenters. The summed E-state index contributed by atoms with van der Waals surface area (Å²) in [6.07, 6.45) is 1.77. The lowest BCUT2D eigenvalue weighted by atomic mass is 10.1. The van der Waals surface area contributed by atoms with Crippen LogP contribution >= 0.6 is 0 Å². The van der Waals surface area contributed by atoms with Crippen LogP contribution in [-0.4, -0.2) is 64.7 Å². The number of nitrogens with zero attached hydrogens (tertiary/aromatic N) is 2.